The van der Waals surface area contributed by atoms with Gasteiger partial charge in [-0.25, -0.2) is 0 Å². The number of anilines is 1. The van der Waals surface area contributed by atoms with E-state index >= 15 is 0 Å². The molecule has 106 valence electrons. The molecule has 21 heavy (non-hydrogen) atoms. The third kappa shape index (κ3) is 3.76. The van der Waals surface area contributed by atoms with Gasteiger partial charge in [0.05, 0.1) is 4.92 Å². The van der Waals surface area contributed by atoms with Crippen LogP contribution in [0.3, 0.4) is 0 Å². The lowest BCUT2D eigenvalue weighted by Gasteiger charge is -2.14. The summed E-state index contributed by atoms with van der Waals surface area (Å²) in [6.45, 7) is 0. The van der Waals surface area contributed by atoms with E-state index in [4.69, 9.17) is 0 Å². The number of likely N-dealkylation sites (N-methyl/N-ethyl adjacent to an activating group) is 1. The first kappa shape index (κ1) is 14.5. The van der Waals surface area contributed by atoms with Crippen molar-refractivity contribution in [2.75, 3.05) is 11.9 Å². The second-order valence-electron chi connectivity index (χ2n) is 4.41. The normalized spacial score (nSPS) is 10.5. The van der Waals surface area contributed by atoms with Crippen LogP contribution in [0.4, 0.5) is 11.4 Å². The Morgan fingerprint density at radius 2 is 1.71 bits per heavy atom. The number of para-hydroxylation sites is 1. The van der Waals surface area contributed by atoms with Crippen LogP contribution >= 0.6 is 0 Å². The topological polar surface area (TPSA) is 63.5 Å². The van der Waals surface area contributed by atoms with Gasteiger partial charge in [-0.05, 0) is 35.9 Å². The monoisotopic (exact) mass is 282 g/mol. The summed E-state index contributed by atoms with van der Waals surface area (Å²) in [5, 5.41) is 10.6. The average molecular weight is 282 g/mol. The summed E-state index contributed by atoms with van der Waals surface area (Å²) >= 11 is 0. The van der Waals surface area contributed by atoms with Gasteiger partial charge in [-0.3, -0.25) is 14.9 Å². The van der Waals surface area contributed by atoms with Gasteiger partial charge in [-0.1, -0.05) is 18.2 Å². The number of nitro groups is 1. The van der Waals surface area contributed by atoms with Crippen LogP contribution in [-0.4, -0.2) is 17.9 Å². The van der Waals surface area contributed by atoms with Gasteiger partial charge < -0.3 is 4.90 Å². The number of rotatable bonds is 4. The number of non-ortho nitro benzene ring substituents is 1. The summed E-state index contributed by atoms with van der Waals surface area (Å²) in [5.41, 5.74) is 1.56. The smallest absolute Gasteiger partial charge is 0.269 e. The number of carbonyl (C=O) groups excluding carboxylic acids is 1. The van der Waals surface area contributed by atoms with Crippen molar-refractivity contribution >= 4 is 23.4 Å². The van der Waals surface area contributed by atoms with Gasteiger partial charge in [0.25, 0.3) is 11.6 Å². The van der Waals surface area contributed by atoms with Gasteiger partial charge in [0.1, 0.15) is 0 Å². The van der Waals surface area contributed by atoms with Crippen molar-refractivity contribution in [2.45, 2.75) is 0 Å². The summed E-state index contributed by atoms with van der Waals surface area (Å²) in [7, 11) is 1.69. The van der Waals surface area contributed by atoms with Crippen molar-refractivity contribution in [3.63, 3.8) is 0 Å². The molecule has 1 amide bonds. The van der Waals surface area contributed by atoms with Gasteiger partial charge in [0.2, 0.25) is 0 Å². The number of carbonyl (C=O) groups is 1. The summed E-state index contributed by atoms with van der Waals surface area (Å²) < 4.78 is 0. The number of nitro benzene ring substituents is 1. The number of nitrogens with zero attached hydrogens (tertiary/aromatic N) is 2. The Bertz CT molecular complexity index is 664. The highest BCUT2D eigenvalue weighted by Crippen LogP contribution is 2.14. The molecule has 5 heteroatoms. The van der Waals surface area contributed by atoms with Gasteiger partial charge in [0.15, 0.2) is 0 Å². The highest BCUT2D eigenvalue weighted by Gasteiger charge is 2.07. The highest BCUT2D eigenvalue weighted by molar-refractivity contribution is 6.03. The zero-order valence-corrected chi connectivity index (χ0v) is 11.5. The van der Waals surface area contributed by atoms with Crippen molar-refractivity contribution < 1.29 is 9.72 Å². The largest absolute Gasteiger partial charge is 0.312 e. The standard InChI is InChI=1S/C16H14N2O3/c1-17(14-5-3-2-4-6-14)16(19)12-9-13-7-10-15(11-8-13)18(20)21/h2-12H,1H3. The maximum atomic E-state index is 12.0. The van der Waals surface area contributed by atoms with Crippen LogP contribution in [0.1, 0.15) is 5.56 Å². The van der Waals surface area contributed by atoms with Gasteiger partial charge in [-0.2, -0.15) is 0 Å². The van der Waals surface area contributed by atoms with Gasteiger partial charge in [-0.15, -0.1) is 0 Å². The maximum absolute atomic E-state index is 12.0. The predicted octanol–water partition coefficient (Wildman–Crippen LogP) is 3.27. The zero-order valence-electron chi connectivity index (χ0n) is 11.5. The third-order valence-electron chi connectivity index (χ3n) is 3.00. The molecule has 2 rings (SSSR count). The fourth-order valence-electron chi connectivity index (χ4n) is 1.77. The molecule has 0 spiro atoms. The van der Waals surface area contributed by atoms with Crippen LogP contribution in [0.25, 0.3) is 6.08 Å². The molecular formula is C16H14N2O3. The number of hydrogen-bond acceptors (Lipinski definition) is 3. The Balaban J connectivity index is 2.06. The molecule has 0 fully saturated rings. The first-order valence-corrected chi connectivity index (χ1v) is 6.33. The SMILES string of the molecule is CN(C(=O)C=Cc1ccc([N+](=O)[O-])cc1)c1ccccc1. The lowest BCUT2D eigenvalue weighted by Crippen LogP contribution is -2.23. The van der Waals surface area contributed by atoms with Crippen molar-refractivity contribution in [3.8, 4) is 0 Å². The minimum absolute atomic E-state index is 0.0277. The number of hydrogen-bond donors (Lipinski definition) is 0. The maximum Gasteiger partial charge on any atom is 0.269 e. The van der Waals surface area contributed by atoms with E-state index in [-0.39, 0.29) is 11.6 Å². The second kappa shape index (κ2) is 6.47. The molecular weight excluding hydrogens is 268 g/mol. The lowest BCUT2D eigenvalue weighted by atomic mass is 10.2. The van der Waals surface area contributed by atoms with E-state index < -0.39 is 4.92 Å². The van der Waals surface area contributed by atoms with Crippen molar-refractivity contribution in [1.29, 1.82) is 0 Å². The van der Waals surface area contributed by atoms with Crippen molar-refractivity contribution in [2.24, 2.45) is 0 Å². The molecule has 0 unspecified atom stereocenters. The highest BCUT2D eigenvalue weighted by atomic mass is 16.6. The third-order valence-corrected chi connectivity index (χ3v) is 3.00. The molecule has 0 heterocycles. The Hall–Kier alpha value is -2.95. The molecule has 0 aliphatic carbocycles. The molecule has 5 nitrogen and oxygen atoms in total. The molecule has 2 aromatic rings. The minimum atomic E-state index is -0.457. The Kier molecular flexibility index (Phi) is 4.46. The zero-order chi connectivity index (χ0) is 15.2. The summed E-state index contributed by atoms with van der Waals surface area (Å²) in [6.07, 6.45) is 3.07. The summed E-state index contributed by atoms with van der Waals surface area (Å²) in [5.74, 6) is -0.167. The van der Waals surface area contributed by atoms with Crippen LogP contribution in [0.15, 0.2) is 60.7 Å². The van der Waals surface area contributed by atoms with Crippen molar-refractivity contribution in [3.05, 3.63) is 76.4 Å². The van der Waals surface area contributed by atoms with E-state index in [0.717, 1.165) is 11.3 Å². The molecule has 2 aromatic carbocycles. The Morgan fingerprint density at radius 1 is 1.10 bits per heavy atom. The minimum Gasteiger partial charge on any atom is -0.312 e. The first-order valence-electron chi connectivity index (χ1n) is 6.33. The quantitative estimate of drug-likeness (QED) is 0.491. The van der Waals surface area contributed by atoms with E-state index in [1.165, 1.54) is 23.1 Å². The van der Waals surface area contributed by atoms with E-state index in [1.807, 2.05) is 30.3 Å². The van der Waals surface area contributed by atoms with Crippen LogP contribution < -0.4 is 4.90 Å². The van der Waals surface area contributed by atoms with E-state index in [9.17, 15) is 14.9 Å². The fraction of sp³-hybridized carbons (Fsp3) is 0.0625. The summed E-state index contributed by atoms with van der Waals surface area (Å²) in [6, 6.07) is 15.3. The Labute approximate surface area is 122 Å². The van der Waals surface area contributed by atoms with Crippen LogP contribution in [-0.2, 0) is 4.79 Å². The average Bonchev–Trinajstić information content (AvgIpc) is 2.53. The fourth-order valence-corrected chi connectivity index (χ4v) is 1.77. The first-order chi connectivity index (χ1) is 10.1. The van der Waals surface area contributed by atoms with Gasteiger partial charge in [0, 0.05) is 30.9 Å². The van der Waals surface area contributed by atoms with Crippen LogP contribution in [0.5, 0.6) is 0 Å². The molecule has 0 aliphatic heterocycles. The molecule has 0 radical (unpaired) electrons. The molecule has 0 saturated carbocycles. The predicted molar refractivity (Wildman–Crippen MR) is 82.0 cm³/mol. The molecule has 0 atom stereocenters. The van der Waals surface area contributed by atoms with E-state index in [2.05, 4.69) is 0 Å². The molecule has 0 aliphatic rings. The number of amides is 1. The van der Waals surface area contributed by atoms with Gasteiger partial charge >= 0.3 is 0 Å². The molecule has 0 bridgehead atoms. The second-order valence-corrected chi connectivity index (χ2v) is 4.41. The molecule has 0 N–H and O–H groups in total. The number of benzene rings is 2. The van der Waals surface area contributed by atoms with E-state index in [1.54, 1.807) is 25.3 Å². The lowest BCUT2D eigenvalue weighted by molar-refractivity contribution is -0.384. The van der Waals surface area contributed by atoms with Crippen LogP contribution in [0, 0.1) is 10.1 Å². The van der Waals surface area contributed by atoms with E-state index in [0.29, 0.717) is 0 Å². The van der Waals surface area contributed by atoms with Crippen LogP contribution in [0.2, 0.25) is 0 Å². The molecule has 0 aromatic heterocycles. The molecule has 0 saturated heterocycles. The Morgan fingerprint density at radius 3 is 2.29 bits per heavy atom. The van der Waals surface area contributed by atoms with Crippen molar-refractivity contribution in [1.82, 2.24) is 0 Å². The summed E-state index contributed by atoms with van der Waals surface area (Å²) in [4.78, 5) is 23.6.